The number of thiophene rings is 2. The van der Waals surface area contributed by atoms with E-state index in [1.807, 2.05) is 54.5 Å². The maximum atomic E-state index is 13.2. The van der Waals surface area contributed by atoms with Crippen LogP contribution >= 0.6 is 22.7 Å². The quantitative estimate of drug-likeness (QED) is 0.490. The van der Waals surface area contributed by atoms with Gasteiger partial charge in [-0.2, -0.15) is 0 Å². The molecule has 1 aromatic carbocycles. The summed E-state index contributed by atoms with van der Waals surface area (Å²) < 4.78 is 1.44. The number of carbonyl (C=O) groups is 1. The Kier molecular flexibility index (Phi) is 4.37. The van der Waals surface area contributed by atoms with E-state index in [1.165, 1.54) is 32.7 Å². The molecule has 0 saturated heterocycles. The molecule has 0 unspecified atom stereocenters. The molecule has 5 nitrogen and oxygen atoms in total. The maximum Gasteiger partial charge on any atom is 0.263 e. The molecule has 0 aliphatic carbocycles. The minimum atomic E-state index is -0.161. The van der Waals surface area contributed by atoms with Gasteiger partial charge in [-0.3, -0.25) is 14.2 Å². The predicted molar refractivity (Wildman–Crippen MR) is 119 cm³/mol. The molecule has 0 N–H and O–H groups in total. The van der Waals surface area contributed by atoms with Gasteiger partial charge in [-0.1, -0.05) is 18.2 Å². The van der Waals surface area contributed by atoms with E-state index in [2.05, 4.69) is 11.1 Å². The van der Waals surface area contributed by atoms with E-state index in [9.17, 15) is 9.59 Å². The highest BCUT2D eigenvalue weighted by Crippen LogP contribution is 2.35. The van der Waals surface area contributed by atoms with Crippen molar-refractivity contribution in [2.24, 2.45) is 0 Å². The Bertz CT molecular complexity index is 1300. The number of carbonyl (C=O) groups excluding carboxylic acids is 1. The van der Waals surface area contributed by atoms with E-state index in [0.29, 0.717) is 10.2 Å². The molecule has 1 atom stereocenters. The Morgan fingerprint density at radius 2 is 2.07 bits per heavy atom. The van der Waals surface area contributed by atoms with Crippen LogP contribution in [0.4, 0.5) is 5.69 Å². The fourth-order valence-electron chi connectivity index (χ4n) is 4.01. The minimum Gasteiger partial charge on any atom is -0.307 e. The third-order valence-electron chi connectivity index (χ3n) is 5.35. The lowest BCUT2D eigenvalue weighted by Gasteiger charge is -2.23. The van der Waals surface area contributed by atoms with Gasteiger partial charge in [0.2, 0.25) is 5.91 Å². The molecule has 29 heavy (non-hydrogen) atoms. The second-order valence-corrected chi connectivity index (χ2v) is 9.51. The zero-order valence-electron chi connectivity index (χ0n) is 16.1. The zero-order chi connectivity index (χ0) is 20.1. The van der Waals surface area contributed by atoms with Crippen molar-refractivity contribution in [1.82, 2.24) is 9.55 Å². The van der Waals surface area contributed by atoms with Crippen LogP contribution in [0.15, 0.2) is 52.9 Å². The van der Waals surface area contributed by atoms with Crippen molar-refractivity contribution in [3.05, 3.63) is 68.9 Å². The fourth-order valence-corrected chi connectivity index (χ4v) is 5.87. The highest BCUT2D eigenvalue weighted by Gasteiger charge is 2.30. The van der Waals surface area contributed by atoms with Crippen molar-refractivity contribution >= 4 is 44.5 Å². The molecule has 1 amide bonds. The van der Waals surface area contributed by atoms with Gasteiger partial charge in [-0.25, -0.2) is 4.98 Å². The summed E-state index contributed by atoms with van der Waals surface area (Å²) in [6, 6.07) is 12.1. The van der Waals surface area contributed by atoms with Crippen molar-refractivity contribution in [3.8, 4) is 10.4 Å². The number of rotatable bonds is 3. The number of nitrogens with zero attached hydrogens (tertiary/aromatic N) is 3. The van der Waals surface area contributed by atoms with Crippen LogP contribution in [0, 0.1) is 6.92 Å². The molecule has 0 spiro atoms. The number of aromatic nitrogens is 2. The SMILES string of the molecule is Cc1ccc(-c2csc3ncn(CC(=O)N4c5ccccc5C[C@@H]4C)c(=O)c23)s1. The molecular weight excluding hydrogens is 402 g/mol. The van der Waals surface area contributed by atoms with Gasteiger partial charge < -0.3 is 4.90 Å². The van der Waals surface area contributed by atoms with E-state index >= 15 is 0 Å². The third-order valence-corrected chi connectivity index (χ3v) is 7.27. The number of benzene rings is 1. The maximum absolute atomic E-state index is 13.2. The second kappa shape index (κ2) is 6.93. The van der Waals surface area contributed by atoms with Crippen LogP contribution in [0.2, 0.25) is 0 Å². The van der Waals surface area contributed by atoms with Gasteiger partial charge in [0.1, 0.15) is 11.4 Å². The average Bonchev–Trinajstić information content (AvgIpc) is 3.39. The fraction of sp³-hybridized carbons (Fsp3) is 0.227. The molecule has 146 valence electrons. The average molecular weight is 422 g/mol. The summed E-state index contributed by atoms with van der Waals surface area (Å²) in [4.78, 5) is 35.6. The van der Waals surface area contributed by atoms with Crippen LogP contribution < -0.4 is 10.5 Å². The third kappa shape index (κ3) is 3.01. The van der Waals surface area contributed by atoms with Crippen molar-refractivity contribution in [1.29, 1.82) is 0 Å². The van der Waals surface area contributed by atoms with Crippen molar-refractivity contribution in [2.45, 2.75) is 32.9 Å². The number of amides is 1. The summed E-state index contributed by atoms with van der Waals surface area (Å²) in [5, 5.41) is 2.58. The Morgan fingerprint density at radius 1 is 1.24 bits per heavy atom. The van der Waals surface area contributed by atoms with E-state index in [4.69, 9.17) is 0 Å². The van der Waals surface area contributed by atoms with Crippen LogP contribution in [-0.4, -0.2) is 21.5 Å². The van der Waals surface area contributed by atoms with E-state index in [1.54, 1.807) is 11.3 Å². The number of hydrogen-bond donors (Lipinski definition) is 0. The molecule has 0 saturated carbocycles. The van der Waals surface area contributed by atoms with Crippen molar-refractivity contribution in [3.63, 3.8) is 0 Å². The van der Waals surface area contributed by atoms with Gasteiger partial charge in [0, 0.05) is 32.4 Å². The van der Waals surface area contributed by atoms with Gasteiger partial charge in [0.25, 0.3) is 5.56 Å². The topological polar surface area (TPSA) is 55.2 Å². The monoisotopic (exact) mass is 421 g/mol. The molecule has 1 aliphatic rings. The molecule has 1 aliphatic heterocycles. The summed E-state index contributed by atoms with van der Waals surface area (Å²) in [6.45, 7) is 4.07. The molecule has 5 rings (SSSR count). The van der Waals surface area contributed by atoms with Crippen LogP contribution in [0.25, 0.3) is 20.7 Å². The molecule has 0 fully saturated rings. The van der Waals surface area contributed by atoms with Crippen LogP contribution in [0.3, 0.4) is 0 Å². The lowest BCUT2D eigenvalue weighted by atomic mass is 10.1. The zero-order valence-corrected chi connectivity index (χ0v) is 17.7. The van der Waals surface area contributed by atoms with Crippen LogP contribution in [-0.2, 0) is 17.8 Å². The summed E-state index contributed by atoms with van der Waals surface area (Å²) >= 11 is 3.12. The first-order valence-corrected chi connectivity index (χ1v) is 11.2. The van der Waals surface area contributed by atoms with Gasteiger partial charge in [0.15, 0.2) is 0 Å². The summed E-state index contributed by atoms with van der Waals surface area (Å²) in [5.41, 5.74) is 2.85. The molecule has 3 aromatic heterocycles. The first-order chi connectivity index (χ1) is 14.0. The van der Waals surface area contributed by atoms with Gasteiger partial charge in [-0.15, -0.1) is 22.7 Å². The molecule has 0 radical (unpaired) electrons. The Balaban J connectivity index is 1.52. The lowest BCUT2D eigenvalue weighted by molar-refractivity contribution is -0.119. The number of aryl methyl sites for hydroxylation is 1. The first-order valence-electron chi connectivity index (χ1n) is 9.46. The molecule has 4 aromatic rings. The minimum absolute atomic E-state index is 0.0147. The number of fused-ring (bicyclic) bond motifs is 2. The van der Waals surface area contributed by atoms with Crippen molar-refractivity contribution < 1.29 is 4.79 Å². The summed E-state index contributed by atoms with van der Waals surface area (Å²) in [5.74, 6) is -0.0885. The first kappa shape index (κ1) is 18.3. The Hall–Kier alpha value is -2.77. The summed E-state index contributed by atoms with van der Waals surface area (Å²) in [7, 11) is 0. The van der Waals surface area contributed by atoms with Crippen LogP contribution in [0.1, 0.15) is 17.4 Å². The summed E-state index contributed by atoms with van der Waals surface area (Å²) in [6.07, 6.45) is 2.33. The van der Waals surface area contributed by atoms with Gasteiger partial charge in [0.05, 0.1) is 11.7 Å². The van der Waals surface area contributed by atoms with Crippen LogP contribution in [0.5, 0.6) is 0 Å². The van der Waals surface area contributed by atoms with E-state index < -0.39 is 0 Å². The predicted octanol–water partition coefficient (Wildman–Crippen LogP) is 4.47. The molecular formula is C22H19N3O2S2. The van der Waals surface area contributed by atoms with Gasteiger partial charge >= 0.3 is 0 Å². The number of hydrogen-bond acceptors (Lipinski definition) is 5. The van der Waals surface area contributed by atoms with Gasteiger partial charge in [-0.05, 0) is 44.0 Å². The largest absolute Gasteiger partial charge is 0.307 e. The standard InChI is InChI=1S/C22H19N3O2S2/c1-13-9-15-5-3-4-6-17(15)25(13)19(26)10-24-12-23-21-20(22(24)27)16(11-28-21)18-8-7-14(2)29-18/h3-8,11-13H,9-10H2,1-2H3/t13-/m0/s1. The van der Waals surface area contributed by atoms with E-state index in [-0.39, 0.29) is 24.1 Å². The Labute approximate surface area is 175 Å². The Morgan fingerprint density at radius 3 is 2.86 bits per heavy atom. The second-order valence-electron chi connectivity index (χ2n) is 7.36. The lowest BCUT2D eigenvalue weighted by Crippen LogP contribution is -2.40. The highest BCUT2D eigenvalue weighted by atomic mass is 32.1. The molecule has 0 bridgehead atoms. The highest BCUT2D eigenvalue weighted by molar-refractivity contribution is 7.19. The number of anilines is 1. The molecule has 4 heterocycles. The van der Waals surface area contributed by atoms with Crippen molar-refractivity contribution in [2.75, 3.05) is 4.90 Å². The van der Waals surface area contributed by atoms with E-state index in [0.717, 1.165) is 22.5 Å². The normalized spacial score (nSPS) is 15.8. The molecule has 7 heteroatoms. The number of para-hydroxylation sites is 1. The smallest absolute Gasteiger partial charge is 0.263 e.